The minimum absolute atomic E-state index is 0.0882. The molecule has 0 bridgehead atoms. The normalized spacial score (nSPS) is 16.2. The van der Waals surface area contributed by atoms with Gasteiger partial charge in [-0.1, -0.05) is 0 Å². The Kier molecular flexibility index (Phi) is 3.70. The molecule has 1 aromatic rings. The molecule has 0 spiro atoms. The molecule has 96 valence electrons. The Morgan fingerprint density at radius 2 is 2.00 bits per heavy atom. The van der Waals surface area contributed by atoms with E-state index in [-0.39, 0.29) is 19.0 Å². The minimum atomic E-state index is -0.680. The van der Waals surface area contributed by atoms with Crippen LogP contribution in [0.1, 0.15) is 11.6 Å². The summed E-state index contributed by atoms with van der Waals surface area (Å²) in [5.41, 5.74) is 7.75. The molecular weight excluding hydrogens is 310 g/mol. The number of fused-ring (bicyclic) bond motifs is 1. The minimum Gasteiger partial charge on any atom is -0.344 e. The second-order valence-electron chi connectivity index (χ2n) is 4.03. The molecular formula is C12H10BrN5O. The summed E-state index contributed by atoms with van der Waals surface area (Å²) < 4.78 is 0.698. The van der Waals surface area contributed by atoms with E-state index in [2.05, 4.69) is 21.2 Å². The molecule has 1 aliphatic rings. The fourth-order valence-electron chi connectivity index (χ4n) is 1.93. The van der Waals surface area contributed by atoms with Gasteiger partial charge < -0.3 is 16.0 Å². The summed E-state index contributed by atoms with van der Waals surface area (Å²) in [5.74, 6) is -0.258. The fraction of sp³-hybridized carbons (Fsp3) is 0.250. The van der Waals surface area contributed by atoms with E-state index in [0.717, 1.165) is 0 Å². The van der Waals surface area contributed by atoms with Gasteiger partial charge in [0.1, 0.15) is 19.1 Å². The van der Waals surface area contributed by atoms with Crippen molar-refractivity contribution in [1.29, 1.82) is 10.5 Å². The molecule has 0 saturated carbocycles. The molecule has 1 amide bonds. The van der Waals surface area contributed by atoms with Crippen LogP contribution in [-0.2, 0) is 4.79 Å². The monoisotopic (exact) mass is 319 g/mol. The number of amides is 1. The number of nitrogens with one attached hydrogen (secondary N) is 1. The third-order valence-corrected chi connectivity index (χ3v) is 3.49. The Morgan fingerprint density at radius 3 is 2.58 bits per heavy atom. The Morgan fingerprint density at radius 1 is 1.37 bits per heavy atom. The lowest BCUT2D eigenvalue weighted by atomic mass is 10.1. The second-order valence-corrected chi connectivity index (χ2v) is 4.88. The van der Waals surface area contributed by atoms with Gasteiger partial charge in [0, 0.05) is 15.7 Å². The third kappa shape index (κ3) is 2.39. The van der Waals surface area contributed by atoms with Crippen LogP contribution in [0.2, 0.25) is 0 Å². The van der Waals surface area contributed by atoms with Crippen molar-refractivity contribution in [1.82, 2.24) is 0 Å². The van der Waals surface area contributed by atoms with Gasteiger partial charge in [0.15, 0.2) is 0 Å². The van der Waals surface area contributed by atoms with E-state index in [0.29, 0.717) is 21.4 Å². The van der Waals surface area contributed by atoms with Gasteiger partial charge in [0.2, 0.25) is 5.91 Å². The predicted molar refractivity (Wildman–Crippen MR) is 73.1 cm³/mol. The van der Waals surface area contributed by atoms with Crippen LogP contribution in [0.25, 0.3) is 0 Å². The lowest BCUT2D eigenvalue weighted by Gasteiger charge is -2.20. The number of carbonyl (C=O) groups excluding carboxylic acids is 1. The number of anilines is 2. The molecule has 3 N–H and O–H groups in total. The SMILES string of the molecule is N#CCN(CC#N)c1cc2c(cc1Br)C(N)C(=O)N2. The van der Waals surface area contributed by atoms with Crippen molar-refractivity contribution in [3.05, 3.63) is 22.2 Å². The molecule has 1 aliphatic heterocycles. The summed E-state index contributed by atoms with van der Waals surface area (Å²) in [6, 6.07) is 6.80. The molecule has 1 unspecified atom stereocenters. The van der Waals surface area contributed by atoms with E-state index in [1.807, 2.05) is 12.1 Å². The van der Waals surface area contributed by atoms with Crippen molar-refractivity contribution < 1.29 is 4.79 Å². The zero-order valence-electron chi connectivity index (χ0n) is 9.85. The molecule has 1 atom stereocenters. The van der Waals surface area contributed by atoms with Gasteiger partial charge in [-0.15, -0.1) is 0 Å². The highest BCUT2D eigenvalue weighted by atomic mass is 79.9. The first-order valence-corrected chi connectivity index (χ1v) is 6.26. The summed E-state index contributed by atoms with van der Waals surface area (Å²) in [6.45, 7) is 0.176. The topological polar surface area (TPSA) is 106 Å². The van der Waals surface area contributed by atoms with Crippen molar-refractivity contribution in [3.63, 3.8) is 0 Å². The van der Waals surface area contributed by atoms with Crippen molar-refractivity contribution >= 4 is 33.2 Å². The van der Waals surface area contributed by atoms with Crippen LogP contribution in [0.3, 0.4) is 0 Å². The van der Waals surface area contributed by atoms with E-state index >= 15 is 0 Å². The van der Waals surface area contributed by atoms with Crippen LogP contribution in [0.5, 0.6) is 0 Å². The van der Waals surface area contributed by atoms with Gasteiger partial charge in [-0.25, -0.2) is 0 Å². The van der Waals surface area contributed by atoms with Gasteiger partial charge in [0.05, 0.1) is 17.8 Å². The van der Waals surface area contributed by atoms with Gasteiger partial charge >= 0.3 is 0 Å². The molecule has 7 heteroatoms. The number of halogens is 1. The molecule has 1 heterocycles. The van der Waals surface area contributed by atoms with Gasteiger partial charge in [-0.3, -0.25) is 4.79 Å². The van der Waals surface area contributed by atoms with Crippen LogP contribution in [0.15, 0.2) is 16.6 Å². The first-order chi connectivity index (χ1) is 9.08. The first kappa shape index (κ1) is 13.3. The number of nitrogens with zero attached hydrogens (tertiary/aromatic N) is 3. The molecule has 0 saturated heterocycles. The fourth-order valence-corrected chi connectivity index (χ4v) is 2.55. The molecule has 0 aromatic heterocycles. The van der Waals surface area contributed by atoms with Gasteiger partial charge in [-0.05, 0) is 28.1 Å². The van der Waals surface area contributed by atoms with Crippen LogP contribution in [0, 0.1) is 22.7 Å². The lowest BCUT2D eigenvalue weighted by Crippen LogP contribution is -2.24. The molecule has 2 rings (SSSR count). The summed E-state index contributed by atoms with van der Waals surface area (Å²) in [5, 5.41) is 20.3. The van der Waals surface area contributed by atoms with Gasteiger partial charge in [-0.2, -0.15) is 10.5 Å². The van der Waals surface area contributed by atoms with Crippen LogP contribution < -0.4 is 16.0 Å². The Hall–Kier alpha value is -2.09. The van der Waals surface area contributed by atoms with Crippen molar-refractivity contribution in [2.24, 2.45) is 5.73 Å². The molecule has 1 aromatic carbocycles. The van der Waals surface area contributed by atoms with Crippen LogP contribution in [-0.4, -0.2) is 19.0 Å². The highest BCUT2D eigenvalue weighted by Gasteiger charge is 2.28. The average Bonchev–Trinajstić information content (AvgIpc) is 2.64. The molecule has 0 radical (unpaired) electrons. The summed E-state index contributed by atoms with van der Waals surface area (Å²) in [4.78, 5) is 13.1. The van der Waals surface area contributed by atoms with Gasteiger partial charge in [0.25, 0.3) is 0 Å². The second kappa shape index (κ2) is 5.27. The first-order valence-electron chi connectivity index (χ1n) is 5.47. The summed E-state index contributed by atoms with van der Waals surface area (Å²) in [7, 11) is 0. The zero-order chi connectivity index (χ0) is 14.0. The third-order valence-electron chi connectivity index (χ3n) is 2.86. The number of benzene rings is 1. The van der Waals surface area contributed by atoms with Crippen molar-refractivity contribution in [2.45, 2.75) is 6.04 Å². The maximum absolute atomic E-state index is 11.5. The number of nitriles is 2. The number of carbonyl (C=O) groups is 1. The molecule has 0 fully saturated rings. The summed E-state index contributed by atoms with van der Waals surface area (Å²) in [6.07, 6.45) is 0. The van der Waals surface area contributed by atoms with Crippen molar-refractivity contribution in [3.8, 4) is 12.1 Å². The van der Waals surface area contributed by atoms with E-state index in [1.165, 1.54) is 0 Å². The number of nitrogens with two attached hydrogens (primary N) is 1. The number of rotatable bonds is 3. The maximum atomic E-state index is 11.5. The smallest absolute Gasteiger partial charge is 0.245 e. The Balaban J connectivity index is 2.44. The highest BCUT2D eigenvalue weighted by molar-refractivity contribution is 9.10. The van der Waals surface area contributed by atoms with Crippen LogP contribution >= 0.6 is 15.9 Å². The molecule has 19 heavy (non-hydrogen) atoms. The molecule has 0 aliphatic carbocycles. The number of hydrogen-bond acceptors (Lipinski definition) is 5. The Labute approximate surface area is 118 Å². The quantitative estimate of drug-likeness (QED) is 0.816. The number of hydrogen-bond donors (Lipinski definition) is 2. The zero-order valence-corrected chi connectivity index (χ0v) is 11.4. The summed E-state index contributed by atoms with van der Waals surface area (Å²) >= 11 is 3.38. The van der Waals surface area contributed by atoms with E-state index < -0.39 is 6.04 Å². The largest absolute Gasteiger partial charge is 0.344 e. The maximum Gasteiger partial charge on any atom is 0.245 e. The lowest BCUT2D eigenvalue weighted by molar-refractivity contribution is -0.116. The van der Waals surface area contributed by atoms with E-state index in [1.54, 1.807) is 17.0 Å². The predicted octanol–water partition coefficient (Wildman–Crippen LogP) is 1.25. The van der Waals surface area contributed by atoms with Crippen LogP contribution in [0.4, 0.5) is 11.4 Å². The van der Waals surface area contributed by atoms with E-state index in [4.69, 9.17) is 16.3 Å². The average molecular weight is 320 g/mol. The highest BCUT2D eigenvalue weighted by Crippen LogP contribution is 2.38. The Bertz CT molecular complexity index is 600. The standard InChI is InChI=1S/C12H10BrN5O/c13-8-5-7-9(17-12(19)11(7)16)6-10(8)18(3-1-14)4-2-15/h5-6,11H,3-4,16H2,(H,17,19). The molecule has 6 nitrogen and oxygen atoms in total. The van der Waals surface area contributed by atoms with E-state index in [9.17, 15) is 4.79 Å². The van der Waals surface area contributed by atoms with Crippen molar-refractivity contribution in [2.75, 3.05) is 23.3 Å².